The number of amides is 2. The molecule has 0 aromatic heterocycles. The summed E-state index contributed by atoms with van der Waals surface area (Å²) in [4.78, 5) is 23.0. The summed E-state index contributed by atoms with van der Waals surface area (Å²) in [6.45, 7) is 0. The van der Waals surface area contributed by atoms with Gasteiger partial charge >= 0.3 is 0 Å². The first-order valence-electron chi connectivity index (χ1n) is 7.17. The Hall–Kier alpha value is -2.81. The van der Waals surface area contributed by atoms with Gasteiger partial charge in [-0.25, -0.2) is 0 Å². The molecule has 2 rings (SSSR count). The van der Waals surface area contributed by atoms with Crippen molar-refractivity contribution in [3.8, 4) is 6.07 Å². The Morgan fingerprint density at radius 2 is 1.86 bits per heavy atom. The molecule has 1 aromatic rings. The van der Waals surface area contributed by atoms with Crippen molar-refractivity contribution in [2.24, 2.45) is 5.73 Å². The molecule has 1 fully saturated rings. The second kappa shape index (κ2) is 7.27. The molecule has 22 heavy (non-hydrogen) atoms. The molecule has 0 spiro atoms. The number of rotatable bonds is 5. The molecule has 0 aliphatic heterocycles. The van der Waals surface area contributed by atoms with Gasteiger partial charge in [-0.2, -0.15) is 5.26 Å². The molecule has 6 nitrogen and oxygen atoms in total. The Kier molecular flexibility index (Phi) is 5.15. The summed E-state index contributed by atoms with van der Waals surface area (Å²) in [5, 5.41) is 14.8. The lowest BCUT2D eigenvalue weighted by Crippen LogP contribution is -2.33. The number of primary amides is 1. The number of hydrogen-bond donors (Lipinski definition) is 3. The minimum Gasteiger partial charge on any atom is -0.366 e. The third kappa shape index (κ3) is 4.09. The van der Waals surface area contributed by atoms with Crippen LogP contribution >= 0.6 is 0 Å². The molecule has 0 bridgehead atoms. The summed E-state index contributed by atoms with van der Waals surface area (Å²) < 4.78 is 0. The molecule has 1 saturated carbocycles. The zero-order valence-corrected chi connectivity index (χ0v) is 12.1. The van der Waals surface area contributed by atoms with E-state index in [2.05, 4.69) is 10.6 Å². The van der Waals surface area contributed by atoms with Crippen LogP contribution in [0.5, 0.6) is 0 Å². The molecule has 0 heterocycles. The van der Waals surface area contributed by atoms with Crippen LogP contribution in [0.25, 0.3) is 0 Å². The molecule has 0 atom stereocenters. The highest BCUT2D eigenvalue weighted by molar-refractivity contribution is 5.97. The SMILES string of the molecule is N#C/C(=C/Nc1ccc(C(N)=O)cc1)C(=O)NC1CCCC1. The standard InChI is InChI=1S/C16H18N4O2/c17-9-12(16(22)20-14-3-1-2-4-14)10-19-13-7-5-11(6-8-13)15(18)21/h5-8,10,14,19H,1-4H2,(H2,18,21)(H,20,22)/b12-10-. The Labute approximate surface area is 129 Å². The van der Waals surface area contributed by atoms with Gasteiger partial charge in [-0.05, 0) is 37.1 Å². The lowest BCUT2D eigenvalue weighted by atomic mass is 10.2. The number of nitriles is 1. The summed E-state index contributed by atoms with van der Waals surface area (Å²) in [5.74, 6) is -0.869. The van der Waals surface area contributed by atoms with Crippen molar-refractivity contribution in [3.63, 3.8) is 0 Å². The third-order valence-corrected chi connectivity index (χ3v) is 3.61. The van der Waals surface area contributed by atoms with E-state index in [0.717, 1.165) is 25.7 Å². The van der Waals surface area contributed by atoms with E-state index in [-0.39, 0.29) is 17.5 Å². The molecule has 0 saturated heterocycles. The van der Waals surface area contributed by atoms with Crippen LogP contribution in [0.3, 0.4) is 0 Å². The molecule has 1 aliphatic rings. The maximum Gasteiger partial charge on any atom is 0.263 e. The number of benzene rings is 1. The maximum atomic E-state index is 12.0. The fourth-order valence-electron chi connectivity index (χ4n) is 2.37. The van der Waals surface area contributed by atoms with E-state index >= 15 is 0 Å². The number of anilines is 1. The number of nitrogens with zero attached hydrogens (tertiary/aromatic N) is 1. The average Bonchev–Trinajstić information content (AvgIpc) is 3.01. The molecular formula is C16H18N4O2. The Morgan fingerprint density at radius 1 is 1.23 bits per heavy atom. The van der Waals surface area contributed by atoms with Gasteiger partial charge in [0.2, 0.25) is 5.91 Å². The van der Waals surface area contributed by atoms with Gasteiger partial charge in [0.15, 0.2) is 0 Å². The van der Waals surface area contributed by atoms with Crippen LogP contribution in [-0.4, -0.2) is 17.9 Å². The van der Waals surface area contributed by atoms with Crippen molar-refractivity contribution in [2.45, 2.75) is 31.7 Å². The van der Waals surface area contributed by atoms with Gasteiger partial charge in [0.05, 0.1) is 0 Å². The van der Waals surface area contributed by atoms with Gasteiger partial charge in [0, 0.05) is 23.5 Å². The molecule has 4 N–H and O–H groups in total. The molecule has 6 heteroatoms. The van der Waals surface area contributed by atoms with Crippen LogP contribution in [0.4, 0.5) is 5.69 Å². The summed E-state index contributed by atoms with van der Waals surface area (Å²) in [6, 6.07) is 8.51. The fourth-order valence-corrected chi connectivity index (χ4v) is 2.37. The van der Waals surface area contributed by atoms with Gasteiger partial charge in [-0.3, -0.25) is 9.59 Å². The van der Waals surface area contributed by atoms with Crippen molar-refractivity contribution in [2.75, 3.05) is 5.32 Å². The highest BCUT2D eigenvalue weighted by Crippen LogP contribution is 2.18. The monoisotopic (exact) mass is 298 g/mol. The van der Waals surface area contributed by atoms with E-state index in [4.69, 9.17) is 11.0 Å². The van der Waals surface area contributed by atoms with E-state index in [0.29, 0.717) is 11.3 Å². The Morgan fingerprint density at radius 3 is 2.41 bits per heavy atom. The molecular weight excluding hydrogens is 280 g/mol. The number of nitrogens with two attached hydrogens (primary N) is 1. The van der Waals surface area contributed by atoms with E-state index in [1.165, 1.54) is 6.20 Å². The predicted octanol–water partition coefficient (Wildman–Crippen LogP) is 1.66. The van der Waals surface area contributed by atoms with Crippen LogP contribution in [0.15, 0.2) is 36.0 Å². The van der Waals surface area contributed by atoms with Crippen molar-refractivity contribution in [1.82, 2.24) is 5.32 Å². The lowest BCUT2D eigenvalue weighted by molar-refractivity contribution is -0.117. The first-order valence-corrected chi connectivity index (χ1v) is 7.17. The highest BCUT2D eigenvalue weighted by Gasteiger charge is 2.19. The van der Waals surface area contributed by atoms with Gasteiger partial charge in [0.25, 0.3) is 5.91 Å². The zero-order chi connectivity index (χ0) is 15.9. The topological polar surface area (TPSA) is 108 Å². The Bertz CT molecular complexity index is 623. The van der Waals surface area contributed by atoms with Gasteiger partial charge in [0.1, 0.15) is 11.6 Å². The minimum atomic E-state index is -0.504. The van der Waals surface area contributed by atoms with Crippen molar-refractivity contribution >= 4 is 17.5 Å². The van der Waals surface area contributed by atoms with E-state index < -0.39 is 5.91 Å². The van der Waals surface area contributed by atoms with Crippen LogP contribution in [-0.2, 0) is 4.79 Å². The highest BCUT2D eigenvalue weighted by atomic mass is 16.2. The summed E-state index contributed by atoms with van der Waals surface area (Å²) in [6.07, 6.45) is 5.52. The maximum absolute atomic E-state index is 12.0. The van der Waals surface area contributed by atoms with E-state index in [1.54, 1.807) is 24.3 Å². The summed E-state index contributed by atoms with van der Waals surface area (Å²) in [7, 11) is 0. The van der Waals surface area contributed by atoms with Gasteiger partial charge < -0.3 is 16.4 Å². The van der Waals surface area contributed by atoms with Crippen LogP contribution < -0.4 is 16.4 Å². The number of carbonyl (C=O) groups is 2. The normalized spacial score (nSPS) is 15.1. The first-order chi connectivity index (χ1) is 10.6. The van der Waals surface area contributed by atoms with Gasteiger partial charge in [-0.1, -0.05) is 12.8 Å². The van der Waals surface area contributed by atoms with E-state index in [9.17, 15) is 9.59 Å². The third-order valence-electron chi connectivity index (χ3n) is 3.61. The molecule has 1 aromatic carbocycles. The molecule has 114 valence electrons. The van der Waals surface area contributed by atoms with Crippen LogP contribution in [0.2, 0.25) is 0 Å². The quantitative estimate of drug-likeness (QED) is 0.567. The second-order valence-corrected chi connectivity index (χ2v) is 5.21. The average molecular weight is 298 g/mol. The van der Waals surface area contributed by atoms with Crippen LogP contribution in [0, 0.1) is 11.3 Å². The second-order valence-electron chi connectivity index (χ2n) is 5.21. The lowest BCUT2D eigenvalue weighted by Gasteiger charge is -2.11. The minimum absolute atomic E-state index is 0.0193. The van der Waals surface area contributed by atoms with Crippen molar-refractivity contribution in [1.29, 1.82) is 5.26 Å². The van der Waals surface area contributed by atoms with Gasteiger partial charge in [-0.15, -0.1) is 0 Å². The fraction of sp³-hybridized carbons (Fsp3) is 0.312. The zero-order valence-electron chi connectivity index (χ0n) is 12.1. The van der Waals surface area contributed by atoms with Crippen molar-refractivity contribution < 1.29 is 9.59 Å². The number of nitrogens with one attached hydrogen (secondary N) is 2. The molecule has 0 unspecified atom stereocenters. The molecule has 0 radical (unpaired) electrons. The summed E-state index contributed by atoms with van der Waals surface area (Å²) >= 11 is 0. The van der Waals surface area contributed by atoms with Crippen LogP contribution in [0.1, 0.15) is 36.0 Å². The molecule has 2 amide bonds. The first kappa shape index (κ1) is 15.6. The number of hydrogen-bond acceptors (Lipinski definition) is 4. The van der Waals surface area contributed by atoms with Crippen molar-refractivity contribution in [3.05, 3.63) is 41.6 Å². The Balaban J connectivity index is 1.97. The predicted molar refractivity (Wildman–Crippen MR) is 82.7 cm³/mol. The number of carbonyl (C=O) groups excluding carboxylic acids is 2. The van der Waals surface area contributed by atoms with E-state index in [1.807, 2.05) is 6.07 Å². The largest absolute Gasteiger partial charge is 0.366 e. The smallest absolute Gasteiger partial charge is 0.263 e. The molecule has 1 aliphatic carbocycles. The summed E-state index contributed by atoms with van der Waals surface area (Å²) in [5.41, 5.74) is 6.23.